The van der Waals surface area contributed by atoms with Crippen LogP contribution < -0.4 is 5.30 Å². The molecule has 1 atom stereocenters. The highest BCUT2D eigenvalue weighted by molar-refractivity contribution is 7.47. The van der Waals surface area contributed by atoms with Crippen molar-refractivity contribution >= 4 is 13.9 Å². The van der Waals surface area contributed by atoms with Gasteiger partial charge in [0, 0.05) is 13.5 Å². The van der Waals surface area contributed by atoms with Crippen LogP contribution in [-0.4, -0.2) is 19.9 Å². The summed E-state index contributed by atoms with van der Waals surface area (Å²) in [6.07, 6.45) is 2.54. The summed E-state index contributed by atoms with van der Waals surface area (Å²) in [5.41, 5.74) is 1.31. The molecular weight excluding hydrogens is 205 g/mol. The summed E-state index contributed by atoms with van der Waals surface area (Å²) in [4.78, 5) is 0. The molecule has 0 aliphatic carbocycles. The Bertz CT molecular complexity index is 333. The van der Waals surface area contributed by atoms with Crippen molar-refractivity contribution in [1.29, 1.82) is 5.26 Å². The zero-order valence-electron chi connectivity index (χ0n) is 8.99. The number of ether oxygens (including phenoxy) is 1. The van der Waals surface area contributed by atoms with Crippen LogP contribution in [0.2, 0.25) is 0 Å². The summed E-state index contributed by atoms with van der Waals surface area (Å²) in [6, 6.07) is 10.6. The van der Waals surface area contributed by atoms with Gasteiger partial charge in [-0.15, -0.1) is 0 Å². The molecule has 0 aliphatic rings. The van der Waals surface area contributed by atoms with Crippen LogP contribution in [0.1, 0.15) is 12.0 Å². The minimum absolute atomic E-state index is 0.603. The minimum atomic E-state index is 0.603. The molecule has 0 spiro atoms. The number of hydrogen-bond donors (Lipinski definition) is 0. The van der Waals surface area contributed by atoms with Crippen LogP contribution in [0.5, 0.6) is 0 Å². The van der Waals surface area contributed by atoms with E-state index in [0.717, 1.165) is 27.8 Å². The first-order valence-corrected chi connectivity index (χ1v) is 6.27. The number of aryl methyl sites for hydroxylation is 1. The first-order valence-electron chi connectivity index (χ1n) is 5.06. The van der Waals surface area contributed by atoms with E-state index in [1.807, 2.05) is 6.07 Å². The van der Waals surface area contributed by atoms with E-state index in [2.05, 4.69) is 24.3 Å². The van der Waals surface area contributed by atoms with Crippen molar-refractivity contribution in [2.24, 2.45) is 0 Å². The second kappa shape index (κ2) is 7.40. The maximum Gasteiger partial charge on any atom is 0.0625 e. The van der Waals surface area contributed by atoms with Crippen LogP contribution in [0.15, 0.2) is 24.3 Å². The maximum atomic E-state index is 8.56. The van der Waals surface area contributed by atoms with Crippen LogP contribution >= 0.6 is 8.58 Å². The topological polar surface area (TPSA) is 33.0 Å². The standard InChI is InChI=1S/C12H16NOP/c1-14-9-10-15-12-7-3-2-5-11(12)6-4-8-13/h2-3,5,7,15H,4,6,9-10H2,1H3. The van der Waals surface area contributed by atoms with Crippen LogP contribution in [0.3, 0.4) is 0 Å². The van der Waals surface area contributed by atoms with E-state index in [1.54, 1.807) is 7.11 Å². The molecule has 0 amide bonds. The predicted octanol–water partition coefficient (Wildman–Crippen LogP) is 2.09. The Morgan fingerprint density at radius 2 is 2.20 bits per heavy atom. The normalized spacial score (nSPS) is 10.7. The Morgan fingerprint density at radius 1 is 1.40 bits per heavy atom. The monoisotopic (exact) mass is 221 g/mol. The number of nitriles is 1. The van der Waals surface area contributed by atoms with E-state index < -0.39 is 0 Å². The SMILES string of the molecule is COCCPc1ccccc1CCC#N. The van der Waals surface area contributed by atoms with E-state index in [-0.39, 0.29) is 0 Å². The van der Waals surface area contributed by atoms with Crippen LogP contribution in [0.25, 0.3) is 0 Å². The molecule has 3 heteroatoms. The average molecular weight is 221 g/mol. The van der Waals surface area contributed by atoms with Crippen molar-refractivity contribution in [3.8, 4) is 6.07 Å². The first-order chi connectivity index (χ1) is 7.38. The molecule has 0 fully saturated rings. The molecule has 2 nitrogen and oxygen atoms in total. The van der Waals surface area contributed by atoms with E-state index >= 15 is 0 Å². The van der Waals surface area contributed by atoms with E-state index in [9.17, 15) is 0 Å². The number of benzene rings is 1. The van der Waals surface area contributed by atoms with Gasteiger partial charge in [0.25, 0.3) is 0 Å². The molecule has 0 N–H and O–H groups in total. The van der Waals surface area contributed by atoms with Gasteiger partial charge in [-0.3, -0.25) is 0 Å². The lowest BCUT2D eigenvalue weighted by Gasteiger charge is -2.07. The average Bonchev–Trinajstić information content (AvgIpc) is 2.28. The van der Waals surface area contributed by atoms with Gasteiger partial charge in [0.2, 0.25) is 0 Å². The smallest absolute Gasteiger partial charge is 0.0625 e. The summed E-state index contributed by atoms with van der Waals surface area (Å²) in [5.74, 6) is 0. The summed E-state index contributed by atoms with van der Waals surface area (Å²) < 4.78 is 5.04. The van der Waals surface area contributed by atoms with Crippen molar-refractivity contribution in [3.05, 3.63) is 29.8 Å². The fraction of sp³-hybridized carbons (Fsp3) is 0.417. The van der Waals surface area contributed by atoms with Crippen molar-refractivity contribution in [2.45, 2.75) is 12.8 Å². The van der Waals surface area contributed by atoms with Gasteiger partial charge in [-0.25, -0.2) is 0 Å². The fourth-order valence-electron chi connectivity index (χ4n) is 1.39. The third-order valence-corrected chi connectivity index (χ3v) is 3.47. The molecule has 1 aromatic carbocycles. The van der Waals surface area contributed by atoms with Gasteiger partial charge in [0.1, 0.15) is 0 Å². The zero-order chi connectivity index (χ0) is 10.9. The van der Waals surface area contributed by atoms with Gasteiger partial charge in [-0.1, -0.05) is 32.8 Å². The Kier molecular flexibility index (Phi) is 6.00. The highest BCUT2D eigenvalue weighted by Gasteiger charge is 2.00. The van der Waals surface area contributed by atoms with Gasteiger partial charge in [0.15, 0.2) is 0 Å². The molecular formula is C12H16NOP. The third kappa shape index (κ3) is 4.42. The second-order valence-corrected chi connectivity index (χ2v) is 4.63. The van der Waals surface area contributed by atoms with Gasteiger partial charge in [0.05, 0.1) is 12.7 Å². The van der Waals surface area contributed by atoms with Crippen molar-refractivity contribution in [1.82, 2.24) is 0 Å². The highest BCUT2D eigenvalue weighted by Crippen LogP contribution is 2.14. The van der Waals surface area contributed by atoms with Crippen molar-refractivity contribution in [2.75, 3.05) is 19.9 Å². The third-order valence-electron chi connectivity index (χ3n) is 2.15. The largest absolute Gasteiger partial charge is 0.384 e. The zero-order valence-corrected chi connectivity index (χ0v) is 9.99. The molecule has 0 radical (unpaired) electrons. The van der Waals surface area contributed by atoms with Gasteiger partial charge < -0.3 is 4.74 Å². The van der Waals surface area contributed by atoms with Crippen LogP contribution in [0, 0.1) is 11.3 Å². The molecule has 0 aromatic heterocycles. The van der Waals surface area contributed by atoms with Crippen molar-refractivity contribution in [3.63, 3.8) is 0 Å². The number of hydrogen-bond acceptors (Lipinski definition) is 2. The second-order valence-electron chi connectivity index (χ2n) is 3.23. The molecule has 0 heterocycles. The lowest BCUT2D eigenvalue weighted by Crippen LogP contribution is -2.06. The van der Waals surface area contributed by atoms with Gasteiger partial charge >= 0.3 is 0 Å². The molecule has 0 saturated heterocycles. The van der Waals surface area contributed by atoms with Crippen LogP contribution in [-0.2, 0) is 11.2 Å². The quantitative estimate of drug-likeness (QED) is 0.544. The van der Waals surface area contributed by atoms with E-state index in [1.165, 1.54) is 10.9 Å². The summed E-state index contributed by atoms with van der Waals surface area (Å²) >= 11 is 0. The Hall–Kier alpha value is -0.900. The van der Waals surface area contributed by atoms with Crippen LogP contribution in [0.4, 0.5) is 0 Å². The lowest BCUT2D eigenvalue weighted by atomic mass is 10.1. The summed E-state index contributed by atoms with van der Waals surface area (Å²) in [7, 11) is 2.52. The molecule has 1 aromatic rings. The lowest BCUT2D eigenvalue weighted by molar-refractivity contribution is 0.218. The molecule has 1 unspecified atom stereocenters. The number of nitrogens with zero attached hydrogens (tertiary/aromatic N) is 1. The Morgan fingerprint density at radius 3 is 2.93 bits per heavy atom. The maximum absolute atomic E-state index is 8.56. The van der Waals surface area contributed by atoms with Crippen molar-refractivity contribution < 1.29 is 4.74 Å². The number of rotatable bonds is 6. The van der Waals surface area contributed by atoms with E-state index in [0.29, 0.717) is 6.42 Å². The molecule has 1 rings (SSSR count). The molecule has 0 bridgehead atoms. The summed E-state index contributed by atoms with van der Waals surface area (Å²) in [5, 5.41) is 9.94. The van der Waals surface area contributed by atoms with E-state index in [4.69, 9.17) is 10.00 Å². The predicted molar refractivity (Wildman–Crippen MR) is 65.1 cm³/mol. The number of methoxy groups -OCH3 is 1. The molecule has 0 saturated carbocycles. The molecule has 15 heavy (non-hydrogen) atoms. The van der Waals surface area contributed by atoms with Gasteiger partial charge in [-0.05, 0) is 23.5 Å². The Balaban J connectivity index is 2.56. The fourth-order valence-corrected chi connectivity index (χ4v) is 2.61. The highest BCUT2D eigenvalue weighted by atomic mass is 31.1. The molecule has 0 aliphatic heterocycles. The minimum Gasteiger partial charge on any atom is -0.384 e. The first kappa shape index (κ1) is 12.2. The Labute approximate surface area is 93.0 Å². The summed E-state index contributed by atoms with van der Waals surface area (Å²) in [6.45, 7) is 0.811. The molecule has 80 valence electrons. The van der Waals surface area contributed by atoms with Gasteiger partial charge in [-0.2, -0.15) is 5.26 Å².